The molecule has 1 aromatic carbocycles. The molecule has 1 amide bonds. The fraction of sp³-hybridized carbons (Fsp3) is 0.350. The van der Waals surface area contributed by atoms with Crippen LogP contribution in [-0.4, -0.2) is 60.4 Å². The summed E-state index contributed by atoms with van der Waals surface area (Å²) in [6.07, 6.45) is 5.54. The predicted octanol–water partition coefficient (Wildman–Crippen LogP) is 2.13. The maximum Gasteiger partial charge on any atom is 0.253 e. The number of halogens is 1. The van der Waals surface area contributed by atoms with Crippen LogP contribution in [0.3, 0.4) is 0 Å². The monoisotopic (exact) mass is 460 g/mol. The molecule has 3 heterocycles. The lowest BCUT2D eigenvalue weighted by Crippen LogP contribution is -2.36. The summed E-state index contributed by atoms with van der Waals surface area (Å²) in [6, 6.07) is 7.80. The minimum atomic E-state index is -3.76. The molecule has 1 aliphatic carbocycles. The number of fused-ring (bicyclic) bond motifs is 1. The van der Waals surface area contributed by atoms with Crippen LogP contribution in [-0.2, 0) is 10.0 Å². The van der Waals surface area contributed by atoms with E-state index in [2.05, 4.69) is 19.9 Å². The van der Waals surface area contributed by atoms with Crippen molar-refractivity contribution < 1.29 is 13.2 Å². The highest BCUT2D eigenvalue weighted by molar-refractivity contribution is 7.90. The second kappa shape index (κ2) is 7.47. The van der Waals surface area contributed by atoms with Crippen LogP contribution in [0.1, 0.15) is 23.2 Å². The number of anilines is 1. The Kier molecular flexibility index (Phi) is 4.87. The summed E-state index contributed by atoms with van der Waals surface area (Å²) in [5.74, 6) is 0.778. The first-order chi connectivity index (χ1) is 14.9. The molecule has 2 aromatic heterocycles. The summed E-state index contributed by atoms with van der Waals surface area (Å²) in [7, 11) is -3.76. The van der Waals surface area contributed by atoms with Gasteiger partial charge >= 0.3 is 0 Å². The Morgan fingerprint density at radius 3 is 2.58 bits per heavy atom. The van der Waals surface area contributed by atoms with Crippen molar-refractivity contribution in [2.24, 2.45) is 5.41 Å². The van der Waals surface area contributed by atoms with Gasteiger partial charge in [0.2, 0.25) is 0 Å². The number of nitrogens with zero attached hydrogens (tertiary/aromatic N) is 4. The van der Waals surface area contributed by atoms with Gasteiger partial charge < -0.3 is 14.8 Å². The molecule has 1 spiro atoms. The number of nitrogens with one attached hydrogen (secondary N) is 2. The highest BCUT2D eigenvalue weighted by Gasteiger charge is 2.48. The summed E-state index contributed by atoms with van der Waals surface area (Å²) in [5, 5.41) is 0.975. The van der Waals surface area contributed by atoms with Crippen molar-refractivity contribution in [2.75, 3.05) is 31.1 Å². The zero-order valence-corrected chi connectivity index (χ0v) is 18.2. The van der Waals surface area contributed by atoms with E-state index >= 15 is 0 Å². The number of aromatic nitrogens is 3. The average molecular weight is 461 g/mol. The van der Waals surface area contributed by atoms with Crippen molar-refractivity contribution in [3.05, 3.63) is 48.4 Å². The van der Waals surface area contributed by atoms with Crippen molar-refractivity contribution >= 4 is 44.6 Å². The molecule has 5 rings (SSSR count). The molecule has 31 heavy (non-hydrogen) atoms. The lowest BCUT2D eigenvalue weighted by molar-refractivity contribution is 0.0740. The van der Waals surface area contributed by atoms with Gasteiger partial charge in [0.05, 0.1) is 10.3 Å². The molecule has 11 heteroatoms. The van der Waals surface area contributed by atoms with E-state index < -0.39 is 10.0 Å². The van der Waals surface area contributed by atoms with Gasteiger partial charge in [-0.25, -0.2) is 18.4 Å². The molecular weight excluding hydrogens is 440 g/mol. The smallest absolute Gasteiger partial charge is 0.253 e. The summed E-state index contributed by atoms with van der Waals surface area (Å²) in [4.78, 5) is 29.2. The number of hydrogen-bond donors (Lipinski definition) is 2. The Labute approximate surface area is 184 Å². The minimum Gasteiger partial charge on any atom is -0.354 e. The summed E-state index contributed by atoms with van der Waals surface area (Å²) >= 11 is 5.27. The van der Waals surface area contributed by atoms with Crippen LogP contribution >= 0.6 is 11.8 Å². The van der Waals surface area contributed by atoms with Crippen LogP contribution in [0.25, 0.3) is 11.0 Å². The second-order valence-corrected chi connectivity index (χ2v) is 10.3. The first kappa shape index (κ1) is 20.2. The maximum absolute atomic E-state index is 13.2. The Hall–Kier alpha value is -2.69. The number of hydrogen-bond acceptors (Lipinski definition) is 6. The molecule has 1 saturated heterocycles. The molecule has 2 aliphatic rings. The molecule has 3 aromatic rings. The number of aromatic amines is 1. The number of H-pyrrole nitrogens is 1. The van der Waals surface area contributed by atoms with Crippen LogP contribution in [0.2, 0.25) is 0 Å². The SMILES string of the molecule is O=C(c1ccc(S(=O)(=O)NCl)cc1)N1CCN(c2ncnc3[nH]ccc23)CC2(CC2)C1. The Balaban J connectivity index is 1.38. The summed E-state index contributed by atoms with van der Waals surface area (Å²) < 4.78 is 25.4. The number of benzene rings is 1. The van der Waals surface area contributed by atoms with Gasteiger partial charge in [-0.3, -0.25) is 4.79 Å². The van der Waals surface area contributed by atoms with E-state index in [1.165, 1.54) is 24.3 Å². The van der Waals surface area contributed by atoms with Crippen LogP contribution in [0.15, 0.2) is 47.8 Å². The quantitative estimate of drug-likeness (QED) is 0.577. The van der Waals surface area contributed by atoms with E-state index in [0.717, 1.165) is 36.2 Å². The Morgan fingerprint density at radius 1 is 1.10 bits per heavy atom. The van der Waals surface area contributed by atoms with E-state index in [4.69, 9.17) is 11.8 Å². The third kappa shape index (κ3) is 3.75. The molecule has 0 atom stereocenters. The zero-order valence-electron chi connectivity index (χ0n) is 16.6. The molecule has 2 fully saturated rings. The molecule has 162 valence electrons. The van der Waals surface area contributed by atoms with Crippen molar-refractivity contribution in [1.29, 1.82) is 0 Å². The first-order valence-electron chi connectivity index (χ1n) is 9.96. The number of rotatable bonds is 4. The van der Waals surface area contributed by atoms with Crippen LogP contribution < -0.4 is 9.14 Å². The van der Waals surface area contributed by atoms with Crippen LogP contribution in [0.5, 0.6) is 0 Å². The lowest BCUT2D eigenvalue weighted by atomic mass is 10.1. The lowest BCUT2D eigenvalue weighted by Gasteiger charge is -2.25. The fourth-order valence-electron chi connectivity index (χ4n) is 4.22. The molecule has 2 N–H and O–H groups in total. The molecule has 1 saturated carbocycles. The molecule has 0 radical (unpaired) electrons. The van der Waals surface area contributed by atoms with E-state index in [-0.39, 0.29) is 16.2 Å². The average Bonchev–Trinajstić information content (AvgIpc) is 3.43. The van der Waals surface area contributed by atoms with Gasteiger partial charge in [-0.2, -0.15) is 0 Å². The third-order valence-corrected chi connectivity index (χ3v) is 7.79. The number of carbonyl (C=O) groups excluding carboxylic acids is 1. The normalized spacial score (nSPS) is 18.4. The predicted molar refractivity (Wildman–Crippen MR) is 116 cm³/mol. The molecule has 1 aliphatic heterocycles. The van der Waals surface area contributed by atoms with Crippen LogP contribution in [0, 0.1) is 5.41 Å². The number of amides is 1. The van der Waals surface area contributed by atoms with E-state index in [9.17, 15) is 13.2 Å². The second-order valence-electron chi connectivity index (χ2n) is 8.19. The minimum absolute atomic E-state index is 0.0130. The van der Waals surface area contributed by atoms with Crippen molar-refractivity contribution in [3.63, 3.8) is 0 Å². The molecular formula is C20H21ClN6O3S. The van der Waals surface area contributed by atoms with Gasteiger partial charge in [-0.1, -0.05) is 0 Å². The zero-order chi connectivity index (χ0) is 21.6. The van der Waals surface area contributed by atoms with Gasteiger partial charge in [0.25, 0.3) is 15.9 Å². The van der Waals surface area contributed by atoms with Crippen LogP contribution in [0.4, 0.5) is 5.82 Å². The number of sulfonamides is 1. The van der Waals surface area contributed by atoms with Gasteiger partial charge in [-0.05, 0) is 55.0 Å². The van der Waals surface area contributed by atoms with Crippen molar-refractivity contribution in [2.45, 2.75) is 17.7 Å². The number of carbonyl (C=O) groups is 1. The van der Waals surface area contributed by atoms with Gasteiger partial charge in [0.1, 0.15) is 17.8 Å². The largest absolute Gasteiger partial charge is 0.354 e. The topological polar surface area (TPSA) is 111 Å². The highest BCUT2D eigenvalue weighted by Crippen LogP contribution is 2.48. The maximum atomic E-state index is 13.2. The molecule has 9 nitrogen and oxygen atoms in total. The van der Waals surface area contributed by atoms with E-state index in [0.29, 0.717) is 25.2 Å². The third-order valence-electron chi connectivity index (χ3n) is 6.08. The van der Waals surface area contributed by atoms with Gasteiger partial charge in [0.15, 0.2) is 0 Å². The Morgan fingerprint density at radius 2 is 1.87 bits per heavy atom. The van der Waals surface area contributed by atoms with Crippen molar-refractivity contribution in [1.82, 2.24) is 24.1 Å². The molecule has 0 bridgehead atoms. The van der Waals surface area contributed by atoms with Gasteiger partial charge in [-0.15, -0.1) is 4.24 Å². The van der Waals surface area contributed by atoms with Gasteiger partial charge in [0, 0.05) is 43.4 Å². The van der Waals surface area contributed by atoms with Crippen molar-refractivity contribution in [3.8, 4) is 0 Å². The Bertz CT molecular complexity index is 1240. The summed E-state index contributed by atoms with van der Waals surface area (Å²) in [5.41, 5.74) is 1.31. The molecule has 0 unspecified atom stereocenters. The standard InChI is InChI=1S/C20H21ClN6O3S/c21-25-31(29,30)15-3-1-14(2-4-15)19(28)27-10-9-26(11-20(12-27)6-7-20)18-16-5-8-22-17(16)23-13-24-18/h1-5,8,13,25H,6-7,9-12H2,(H,22,23,24). The fourth-order valence-corrected chi connectivity index (χ4v) is 5.07. The first-order valence-corrected chi connectivity index (χ1v) is 11.8. The summed E-state index contributed by atoms with van der Waals surface area (Å²) in [6.45, 7) is 2.73. The van der Waals surface area contributed by atoms with E-state index in [1.807, 2.05) is 17.2 Å². The highest BCUT2D eigenvalue weighted by atomic mass is 35.5. The van der Waals surface area contributed by atoms with E-state index in [1.54, 1.807) is 10.6 Å².